The third-order valence-corrected chi connectivity index (χ3v) is 3.37. The molecule has 6 heteroatoms. The number of ether oxygens (including phenoxy) is 1. The molecule has 1 saturated heterocycles. The summed E-state index contributed by atoms with van der Waals surface area (Å²) in [6.07, 6.45) is 0.771. The van der Waals surface area contributed by atoms with Crippen molar-refractivity contribution >= 4 is 12.0 Å². The Morgan fingerprint density at radius 3 is 2.44 bits per heavy atom. The molecular weight excluding hydrogens is 236 g/mol. The number of carboxylic acid groups (broad SMARTS) is 1. The van der Waals surface area contributed by atoms with Crippen LogP contribution in [0.1, 0.15) is 27.2 Å². The molecule has 3 atom stereocenters. The number of nitrogens with zero attached hydrogens (tertiary/aromatic N) is 1. The molecule has 0 spiro atoms. The first-order valence-corrected chi connectivity index (χ1v) is 6.22. The maximum Gasteiger partial charge on any atom is 0.326 e. The van der Waals surface area contributed by atoms with Crippen LogP contribution in [0.4, 0.5) is 4.79 Å². The number of likely N-dealkylation sites (N-methyl/N-ethyl adjacent to an activating group) is 1. The van der Waals surface area contributed by atoms with E-state index in [-0.39, 0.29) is 24.1 Å². The van der Waals surface area contributed by atoms with Crippen LogP contribution in [0.5, 0.6) is 0 Å². The fourth-order valence-electron chi connectivity index (χ4n) is 2.13. The molecule has 1 fully saturated rings. The Kier molecular flexibility index (Phi) is 4.95. The van der Waals surface area contributed by atoms with Crippen LogP contribution in [-0.4, -0.2) is 53.8 Å². The number of aliphatic carboxylic acids is 1. The first-order valence-electron chi connectivity index (χ1n) is 6.22. The van der Waals surface area contributed by atoms with Crippen molar-refractivity contribution in [3.63, 3.8) is 0 Å². The minimum absolute atomic E-state index is 0.00612. The van der Waals surface area contributed by atoms with E-state index in [2.05, 4.69) is 5.32 Å². The van der Waals surface area contributed by atoms with Crippen molar-refractivity contribution in [1.82, 2.24) is 10.2 Å². The maximum atomic E-state index is 12.0. The van der Waals surface area contributed by atoms with Crippen molar-refractivity contribution in [2.75, 3.05) is 13.7 Å². The van der Waals surface area contributed by atoms with E-state index >= 15 is 0 Å². The van der Waals surface area contributed by atoms with Crippen molar-refractivity contribution < 1.29 is 19.4 Å². The van der Waals surface area contributed by atoms with Crippen molar-refractivity contribution in [1.29, 1.82) is 0 Å². The number of nitrogens with one attached hydrogen (secondary N) is 1. The molecule has 1 aliphatic heterocycles. The summed E-state index contributed by atoms with van der Waals surface area (Å²) in [5.41, 5.74) is 0. The first-order chi connectivity index (χ1) is 8.34. The molecule has 2 N–H and O–H groups in total. The molecule has 0 bridgehead atoms. The molecule has 2 unspecified atom stereocenters. The van der Waals surface area contributed by atoms with E-state index in [9.17, 15) is 9.59 Å². The second kappa shape index (κ2) is 6.04. The third-order valence-electron chi connectivity index (χ3n) is 3.37. The van der Waals surface area contributed by atoms with Crippen molar-refractivity contribution in [2.45, 2.75) is 45.4 Å². The van der Waals surface area contributed by atoms with Gasteiger partial charge in [-0.25, -0.2) is 9.59 Å². The molecule has 0 aliphatic carbocycles. The Balaban J connectivity index is 2.61. The predicted octanol–water partition coefficient (Wildman–Crippen LogP) is 0.914. The van der Waals surface area contributed by atoms with Crippen molar-refractivity contribution in [3.05, 3.63) is 0 Å². The van der Waals surface area contributed by atoms with Gasteiger partial charge in [0.1, 0.15) is 6.04 Å². The molecule has 6 nitrogen and oxygen atoms in total. The lowest BCUT2D eigenvalue weighted by Crippen LogP contribution is -2.52. The van der Waals surface area contributed by atoms with Gasteiger partial charge in [-0.2, -0.15) is 0 Å². The summed E-state index contributed by atoms with van der Waals surface area (Å²) in [6, 6.07) is -1.22. The number of hydrogen-bond acceptors (Lipinski definition) is 3. The molecule has 0 saturated carbocycles. The van der Waals surface area contributed by atoms with Gasteiger partial charge in [0.25, 0.3) is 0 Å². The van der Waals surface area contributed by atoms with Crippen LogP contribution in [-0.2, 0) is 9.53 Å². The molecule has 0 radical (unpaired) electrons. The predicted molar refractivity (Wildman–Crippen MR) is 66.4 cm³/mol. The minimum Gasteiger partial charge on any atom is -0.480 e. The Hall–Kier alpha value is -1.30. The summed E-state index contributed by atoms with van der Waals surface area (Å²) < 4.78 is 5.40. The lowest BCUT2D eigenvalue weighted by molar-refractivity contribution is -0.140. The van der Waals surface area contributed by atoms with Gasteiger partial charge in [0.15, 0.2) is 0 Å². The van der Waals surface area contributed by atoms with Crippen LogP contribution >= 0.6 is 0 Å². The van der Waals surface area contributed by atoms with Gasteiger partial charge in [-0.05, 0) is 19.3 Å². The molecule has 0 aromatic heterocycles. The van der Waals surface area contributed by atoms with Crippen molar-refractivity contribution in [3.8, 4) is 0 Å². The monoisotopic (exact) mass is 258 g/mol. The summed E-state index contributed by atoms with van der Waals surface area (Å²) in [5, 5.41) is 11.6. The number of carboxylic acids is 1. The number of carbonyl (C=O) groups excluding carboxylic acids is 1. The number of urea groups is 1. The van der Waals surface area contributed by atoms with Gasteiger partial charge in [0, 0.05) is 13.7 Å². The highest BCUT2D eigenvalue weighted by Gasteiger charge is 2.32. The van der Waals surface area contributed by atoms with Gasteiger partial charge in [0.2, 0.25) is 0 Å². The lowest BCUT2D eigenvalue weighted by atomic mass is 10.1. The highest BCUT2D eigenvalue weighted by Crippen LogP contribution is 2.18. The molecule has 2 amide bonds. The Morgan fingerprint density at radius 1 is 1.44 bits per heavy atom. The van der Waals surface area contributed by atoms with E-state index in [1.807, 2.05) is 6.92 Å². The molecule has 0 aromatic rings. The Labute approximate surface area is 107 Å². The molecule has 104 valence electrons. The summed E-state index contributed by atoms with van der Waals surface area (Å²) in [4.78, 5) is 24.6. The largest absolute Gasteiger partial charge is 0.480 e. The second-order valence-corrected chi connectivity index (χ2v) is 5.05. The van der Waals surface area contributed by atoms with Gasteiger partial charge in [-0.3, -0.25) is 0 Å². The van der Waals surface area contributed by atoms with Gasteiger partial charge in [-0.1, -0.05) is 13.8 Å². The zero-order valence-electron chi connectivity index (χ0n) is 11.3. The highest BCUT2D eigenvalue weighted by molar-refractivity contribution is 5.82. The summed E-state index contributed by atoms with van der Waals surface area (Å²) >= 11 is 0. The van der Waals surface area contributed by atoms with Crippen LogP contribution in [0.2, 0.25) is 0 Å². The van der Waals surface area contributed by atoms with Gasteiger partial charge in [0.05, 0.1) is 12.1 Å². The minimum atomic E-state index is -1.01. The quantitative estimate of drug-likeness (QED) is 0.785. The smallest absolute Gasteiger partial charge is 0.326 e. The van der Waals surface area contributed by atoms with Gasteiger partial charge < -0.3 is 20.1 Å². The van der Waals surface area contributed by atoms with E-state index < -0.39 is 12.0 Å². The van der Waals surface area contributed by atoms with Crippen LogP contribution in [0.15, 0.2) is 0 Å². The van der Waals surface area contributed by atoms with E-state index in [0.29, 0.717) is 6.61 Å². The van der Waals surface area contributed by atoms with E-state index in [1.165, 1.54) is 4.90 Å². The zero-order chi connectivity index (χ0) is 13.9. The normalized spacial score (nSPS) is 24.9. The Bertz CT molecular complexity index is 319. The fourth-order valence-corrected chi connectivity index (χ4v) is 2.13. The lowest BCUT2D eigenvalue weighted by Gasteiger charge is -2.29. The van der Waals surface area contributed by atoms with Crippen LogP contribution in [0, 0.1) is 5.92 Å². The second-order valence-electron chi connectivity index (χ2n) is 5.05. The SMILES string of the molecule is CC1OCCC1N(C)C(=O)N[C@H](C(=O)O)C(C)C. The molecule has 1 heterocycles. The average molecular weight is 258 g/mol. The Morgan fingerprint density at radius 2 is 2.06 bits per heavy atom. The fraction of sp³-hybridized carbons (Fsp3) is 0.833. The third kappa shape index (κ3) is 3.35. The van der Waals surface area contributed by atoms with Crippen molar-refractivity contribution in [2.24, 2.45) is 5.92 Å². The molecule has 1 rings (SSSR count). The van der Waals surface area contributed by atoms with Crippen LogP contribution < -0.4 is 5.32 Å². The summed E-state index contributed by atoms with van der Waals surface area (Å²) in [5.74, 6) is -1.17. The topological polar surface area (TPSA) is 78.9 Å². The average Bonchev–Trinajstić information content (AvgIpc) is 2.69. The summed E-state index contributed by atoms with van der Waals surface area (Å²) in [7, 11) is 1.67. The van der Waals surface area contributed by atoms with Gasteiger partial charge in [-0.15, -0.1) is 0 Å². The van der Waals surface area contributed by atoms with E-state index in [0.717, 1.165) is 6.42 Å². The molecule has 18 heavy (non-hydrogen) atoms. The molecular formula is C12H22N2O4. The summed E-state index contributed by atoms with van der Waals surface area (Å²) in [6.45, 7) is 6.08. The number of amides is 2. The maximum absolute atomic E-state index is 12.0. The van der Waals surface area contributed by atoms with Gasteiger partial charge >= 0.3 is 12.0 Å². The number of rotatable bonds is 4. The zero-order valence-corrected chi connectivity index (χ0v) is 11.3. The molecule has 1 aliphatic rings. The molecule has 0 aromatic carbocycles. The van der Waals surface area contributed by atoms with E-state index in [1.54, 1.807) is 20.9 Å². The number of hydrogen-bond donors (Lipinski definition) is 2. The number of carbonyl (C=O) groups is 2. The first kappa shape index (κ1) is 14.8. The standard InChI is InChI=1S/C12H22N2O4/c1-7(2)10(11(15)16)13-12(17)14(4)9-5-6-18-8(9)3/h7-10H,5-6H2,1-4H3,(H,13,17)(H,15,16)/t8?,9?,10-/m0/s1. The van der Waals surface area contributed by atoms with E-state index in [4.69, 9.17) is 9.84 Å². The van der Waals surface area contributed by atoms with Crippen LogP contribution in [0.3, 0.4) is 0 Å². The van der Waals surface area contributed by atoms with Crippen LogP contribution in [0.25, 0.3) is 0 Å². The highest BCUT2D eigenvalue weighted by atomic mass is 16.5.